The predicted molar refractivity (Wildman–Crippen MR) is 123 cm³/mol. The van der Waals surface area contributed by atoms with Crippen molar-refractivity contribution in [2.45, 2.75) is 19.3 Å². The van der Waals surface area contributed by atoms with Crippen LogP contribution >= 0.6 is 0 Å². The number of hydrogen-bond acceptors (Lipinski definition) is 4. The maximum absolute atomic E-state index is 5.35. The molecule has 3 aromatic carbocycles. The molecule has 1 aliphatic heterocycles. The summed E-state index contributed by atoms with van der Waals surface area (Å²) in [4.78, 5) is 7.84. The van der Waals surface area contributed by atoms with Gasteiger partial charge >= 0.3 is 0 Å². The fourth-order valence-electron chi connectivity index (χ4n) is 4.39. The van der Waals surface area contributed by atoms with Crippen LogP contribution in [0.4, 0.5) is 0 Å². The summed E-state index contributed by atoms with van der Waals surface area (Å²) in [6.45, 7) is 3.26. The second-order valence-electron chi connectivity index (χ2n) is 7.96. The Morgan fingerprint density at radius 2 is 1.80 bits per heavy atom. The van der Waals surface area contributed by atoms with Crippen LogP contribution in [0.1, 0.15) is 24.0 Å². The molecule has 0 saturated carbocycles. The number of methoxy groups -OCH3 is 1. The quantitative estimate of drug-likeness (QED) is 0.405. The number of hydrogen-bond donors (Lipinski definition) is 0. The highest BCUT2D eigenvalue weighted by molar-refractivity contribution is 6.04. The zero-order valence-electron chi connectivity index (χ0n) is 17.9. The summed E-state index contributed by atoms with van der Waals surface area (Å²) >= 11 is 0. The molecule has 1 atom stereocenters. The minimum absolute atomic E-state index is 0.380. The van der Waals surface area contributed by atoms with E-state index in [2.05, 4.69) is 70.7 Å². The Bertz CT molecular complexity index is 1000. The molecule has 1 fully saturated rings. The van der Waals surface area contributed by atoms with Crippen LogP contribution in [0.15, 0.2) is 71.9 Å². The Balaban J connectivity index is 1.50. The van der Waals surface area contributed by atoms with Gasteiger partial charge in [-0.1, -0.05) is 53.7 Å². The predicted octanol–water partition coefficient (Wildman–Crippen LogP) is 5.15. The van der Waals surface area contributed by atoms with Crippen LogP contribution in [-0.2, 0) is 11.3 Å². The summed E-state index contributed by atoms with van der Waals surface area (Å²) in [7, 11) is 3.34. The topological polar surface area (TPSA) is 34.1 Å². The normalized spacial score (nSPS) is 17.8. The average Bonchev–Trinajstić information content (AvgIpc) is 2.81. The summed E-state index contributed by atoms with van der Waals surface area (Å²) in [6, 6.07) is 23.4. The maximum atomic E-state index is 5.35. The average molecular weight is 403 g/mol. The van der Waals surface area contributed by atoms with E-state index in [0.29, 0.717) is 5.92 Å². The molecular formula is C26H30N2O2. The molecule has 1 heterocycles. The highest BCUT2D eigenvalue weighted by atomic mass is 16.6. The third-order valence-electron chi connectivity index (χ3n) is 5.98. The van der Waals surface area contributed by atoms with Crippen molar-refractivity contribution in [3.8, 4) is 5.75 Å². The van der Waals surface area contributed by atoms with E-state index in [1.54, 1.807) is 14.2 Å². The van der Waals surface area contributed by atoms with E-state index < -0.39 is 0 Å². The Morgan fingerprint density at radius 3 is 2.60 bits per heavy atom. The van der Waals surface area contributed by atoms with Crippen LogP contribution in [0.25, 0.3) is 10.8 Å². The first kappa shape index (κ1) is 20.4. The van der Waals surface area contributed by atoms with Crippen molar-refractivity contribution in [2.75, 3.05) is 33.9 Å². The summed E-state index contributed by atoms with van der Waals surface area (Å²) in [5.74, 6) is 1.26. The Kier molecular flexibility index (Phi) is 6.65. The molecule has 1 aliphatic rings. The van der Waals surface area contributed by atoms with E-state index in [4.69, 9.17) is 9.57 Å². The molecule has 0 amide bonds. The fraction of sp³-hybridized carbons (Fsp3) is 0.346. The molecule has 4 rings (SSSR count). The highest BCUT2D eigenvalue weighted by Gasteiger charge is 2.26. The van der Waals surface area contributed by atoms with E-state index in [1.165, 1.54) is 22.8 Å². The van der Waals surface area contributed by atoms with E-state index >= 15 is 0 Å². The minimum atomic E-state index is 0.380. The van der Waals surface area contributed by atoms with Crippen molar-refractivity contribution >= 4 is 16.5 Å². The Labute approximate surface area is 179 Å². The van der Waals surface area contributed by atoms with E-state index in [9.17, 15) is 0 Å². The van der Waals surface area contributed by atoms with Gasteiger partial charge < -0.3 is 14.5 Å². The first-order chi connectivity index (χ1) is 14.8. The summed E-state index contributed by atoms with van der Waals surface area (Å²) < 4.78 is 5.35. The van der Waals surface area contributed by atoms with Crippen LogP contribution in [0.3, 0.4) is 0 Å². The number of ether oxygens (including phenoxy) is 1. The van der Waals surface area contributed by atoms with Crippen molar-refractivity contribution in [1.29, 1.82) is 0 Å². The molecule has 156 valence electrons. The number of likely N-dealkylation sites (tertiary alicyclic amines) is 1. The van der Waals surface area contributed by atoms with Crippen molar-refractivity contribution < 1.29 is 9.57 Å². The summed E-state index contributed by atoms with van der Waals surface area (Å²) in [5, 5.41) is 6.83. The third-order valence-corrected chi connectivity index (χ3v) is 5.98. The summed E-state index contributed by atoms with van der Waals surface area (Å²) in [6.07, 6.45) is 3.42. The fourth-order valence-corrected chi connectivity index (χ4v) is 4.39. The minimum Gasteiger partial charge on any atom is -0.497 e. The van der Waals surface area contributed by atoms with Gasteiger partial charge in [-0.15, -0.1) is 0 Å². The standard InChI is InChI=1S/C26H30N2O2/c1-29-25-13-12-21-17-23(11-10-22(21)18-25)26(27-30-2)24-9-6-15-28(19-24)16-14-20-7-4-3-5-8-20/h3-5,7-8,10-13,17-18,24H,6,9,14-16,19H2,1-2H3/b27-26-. The van der Waals surface area contributed by atoms with Crippen LogP contribution < -0.4 is 4.74 Å². The SMILES string of the molecule is CO/N=C(/c1ccc2cc(OC)ccc2c1)C1CCCN(CCc2ccccc2)C1. The van der Waals surface area contributed by atoms with Gasteiger partial charge in [-0.25, -0.2) is 0 Å². The number of nitrogens with zero attached hydrogens (tertiary/aromatic N) is 2. The molecule has 1 unspecified atom stereocenters. The monoisotopic (exact) mass is 402 g/mol. The largest absolute Gasteiger partial charge is 0.497 e. The molecule has 30 heavy (non-hydrogen) atoms. The maximum Gasteiger partial charge on any atom is 0.119 e. The molecule has 3 aromatic rings. The van der Waals surface area contributed by atoms with Gasteiger partial charge in [-0.2, -0.15) is 0 Å². The smallest absolute Gasteiger partial charge is 0.119 e. The number of fused-ring (bicyclic) bond motifs is 1. The second-order valence-corrected chi connectivity index (χ2v) is 7.96. The van der Waals surface area contributed by atoms with Gasteiger partial charge in [0.1, 0.15) is 12.9 Å². The molecule has 0 aliphatic carbocycles. The van der Waals surface area contributed by atoms with Crippen LogP contribution in [0.5, 0.6) is 5.75 Å². The zero-order chi connectivity index (χ0) is 20.8. The molecule has 0 bridgehead atoms. The van der Waals surface area contributed by atoms with Gasteiger partial charge in [0.2, 0.25) is 0 Å². The van der Waals surface area contributed by atoms with Crippen LogP contribution in [0, 0.1) is 5.92 Å². The van der Waals surface area contributed by atoms with Crippen molar-refractivity contribution in [2.24, 2.45) is 11.1 Å². The lowest BCUT2D eigenvalue weighted by Gasteiger charge is -2.33. The van der Waals surface area contributed by atoms with Gasteiger partial charge in [0.05, 0.1) is 12.8 Å². The van der Waals surface area contributed by atoms with E-state index in [1.807, 2.05) is 6.07 Å². The van der Waals surface area contributed by atoms with Gasteiger partial charge in [0.25, 0.3) is 0 Å². The van der Waals surface area contributed by atoms with Crippen molar-refractivity contribution in [1.82, 2.24) is 4.90 Å². The van der Waals surface area contributed by atoms with E-state index in [-0.39, 0.29) is 0 Å². The van der Waals surface area contributed by atoms with Gasteiger partial charge in [-0.3, -0.25) is 0 Å². The summed E-state index contributed by atoms with van der Waals surface area (Å²) in [5.41, 5.74) is 3.60. The van der Waals surface area contributed by atoms with Gasteiger partial charge in [0, 0.05) is 24.6 Å². The number of piperidine rings is 1. The Hall–Kier alpha value is -2.85. The first-order valence-corrected chi connectivity index (χ1v) is 10.7. The zero-order valence-corrected chi connectivity index (χ0v) is 17.9. The van der Waals surface area contributed by atoms with E-state index in [0.717, 1.165) is 49.5 Å². The highest BCUT2D eigenvalue weighted by Crippen LogP contribution is 2.26. The first-order valence-electron chi connectivity index (χ1n) is 10.7. The molecule has 1 saturated heterocycles. The molecule has 4 heteroatoms. The molecule has 0 aromatic heterocycles. The van der Waals surface area contributed by atoms with Crippen molar-refractivity contribution in [3.63, 3.8) is 0 Å². The van der Waals surface area contributed by atoms with Crippen LogP contribution in [0.2, 0.25) is 0 Å². The molecule has 4 nitrogen and oxygen atoms in total. The number of benzene rings is 3. The number of rotatable bonds is 7. The van der Waals surface area contributed by atoms with Gasteiger partial charge in [-0.05, 0) is 60.3 Å². The molecule has 0 N–H and O–H groups in total. The molecular weight excluding hydrogens is 372 g/mol. The third kappa shape index (κ3) is 4.82. The lowest BCUT2D eigenvalue weighted by molar-refractivity contribution is 0.190. The Morgan fingerprint density at radius 1 is 1.00 bits per heavy atom. The second kappa shape index (κ2) is 9.77. The lowest BCUT2D eigenvalue weighted by Crippen LogP contribution is -2.40. The van der Waals surface area contributed by atoms with Crippen molar-refractivity contribution in [3.05, 3.63) is 77.9 Å². The lowest BCUT2D eigenvalue weighted by atomic mass is 9.88. The molecule has 0 radical (unpaired) electrons. The number of oxime groups is 1. The van der Waals surface area contributed by atoms with Crippen LogP contribution in [-0.4, -0.2) is 44.5 Å². The van der Waals surface area contributed by atoms with Gasteiger partial charge in [0.15, 0.2) is 0 Å². The molecule has 0 spiro atoms.